The molecule has 1 aromatic carbocycles. The number of hydrogen-bond acceptors (Lipinski definition) is 3. The van der Waals surface area contributed by atoms with Crippen LogP contribution in [-0.2, 0) is 16.1 Å². The maximum Gasteiger partial charge on any atom is 0.247 e. The van der Waals surface area contributed by atoms with E-state index >= 15 is 0 Å². The minimum Gasteiger partial charge on any atom is -0.377 e. The molecule has 0 N–H and O–H groups in total. The van der Waals surface area contributed by atoms with E-state index in [2.05, 4.69) is 6.07 Å². The molecule has 2 rings (SSSR count). The fourth-order valence-corrected chi connectivity index (χ4v) is 1.95. The molecule has 0 saturated carbocycles. The van der Waals surface area contributed by atoms with E-state index in [1.54, 1.807) is 11.9 Å². The number of amides is 1. The van der Waals surface area contributed by atoms with Gasteiger partial charge in [0.15, 0.2) is 5.41 Å². The fourth-order valence-electron chi connectivity index (χ4n) is 1.95. The average molecular weight is 244 g/mol. The van der Waals surface area contributed by atoms with E-state index in [0.717, 1.165) is 5.56 Å². The zero-order chi connectivity index (χ0) is 13.2. The molecular formula is C14H16N2O2. The Morgan fingerprint density at radius 1 is 1.44 bits per heavy atom. The zero-order valence-corrected chi connectivity index (χ0v) is 10.6. The van der Waals surface area contributed by atoms with Gasteiger partial charge >= 0.3 is 0 Å². The maximum atomic E-state index is 12.2. The number of hydrogen-bond donors (Lipinski definition) is 0. The first-order valence-corrected chi connectivity index (χ1v) is 5.87. The molecule has 18 heavy (non-hydrogen) atoms. The standard InChI is InChI=1S/C14H16N2O2/c1-11-3-5-12(6-4-11)7-16(2)13(17)14(8-15)9-18-10-14/h3-6H,7,9-10H2,1-2H3. The van der Waals surface area contributed by atoms with E-state index in [1.807, 2.05) is 31.2 Å². The molecule has 0 atom stereocenters. The fraction of sp³-hybridized carbons (Fsp3) is 0.429. The van der Waals surface area contributed by atoms with Crippen molar-refractivity contribution in [2.75, 3.05) is 20.3 Å². The summed E-state index contributed by atoms with van der Waals surface area (Å²) >= 11 is 0. The third kappa shape index (κ3) is 2.22. The van der Waals surface area contributed by atoms with Gasteiger partial charge in [-0.1, -0.05) is 29.8 Å². The van der Waals surface area contributed by atoms with Crippen LogP contribution in [0, 0.1) is 23.7 Å². The summed E-state index contributed by atoms with van der Waals surface area (Å²) in [5.41, 5.74) is 1.29. The summed E-state index contributed by atoms with van der Waals surface area (Å²) in [6, 6.07) is 10.1. The summed E-state index contributed by atoms with van der Waals surface area (Å²) in [4.78, 5) is 13.8. The normalized spacial score (nSPS) is 16.5. The molecule has 0 radical (unpaired) electrons. The lowest BCUT2D eigenvalue weighted by Crippen LogP contribution is -2.53. The Labute approximate surface area is 107 Å². The van der Waals surface area contributed by atoms with Crippen LogP contribution in [-0.4, -0.2) is 31.1 Å². The van der Waals surface area contributed by atoms with E-state index in [-0.39, 0.29) is 19.1 Å². The Balaban J connectivity index is 2.04. The van der Waals surface area contributed by atoms with Gasteiger partial charge in [0.05, 0.1) is 19.3 Å². The van der Waals surface area contributed by atoms with Gasteiger partial charge in [-0.3, -0.25) is 4.79 Å². The van der Waals surface area contributed by atoms with Crippen molar-refractivity contribution in [3.05, 3.63) is 35.4 Å². The molecule has 94 valence electrons. The Morgan fingerprint density at radius 2 is 2.06 bits per heavy atom. The van der Waals surface area contributed by atoms with Gasteiger partial charge in [0.25, 0.3) is 0 Å². The molecule has 0 aromatic heterocycles. The van der Waals surface area contributed by atoms with Crippen LogP contribution in [0.25, 0.3) is 0 Å². The summed E-state index contributed by atoms with van der Waals surface area (Å²) in [6.07, 6.45) is 0. The van der Waals surface area contributed by atoms with Gasteiger partial charge in [0.1, 0.15) is 0 Å². The molecular weight excluding hydrogens is 228 g/mol. The van der Waals surface area contributed by atoms with Crippen LogP contribution >= 0.6 is 0 Å². The second-order valence-corrected chi connectivity index (χ2v) is 4.83. The van der Waals surface area contributed by atoms with E-state index in [0.29, 0.717) is 6.54 Å². The molecule has 1 heterocycles. The van der Waals surface area contributed by atoms with E-state index in [1.165, 1.54) is 5.56 Å². The minimum absolute atomic E-state index is 0.156. The van der Waals surface area contributed by atoms with Gasteiger partial charge in [-0.2, -0.15) is 5.26 Å². The van der Waals surface area contributed by atoms with Crippen LogP contribution in [0.2, 0.25) is 0 Å². The van der Waals surface area contributed by atoms with Crippen molar-refractivity contribution < 1.29 is 9.53 Å². The number of benzene rings is 1. The lowest BCUT2D eigenvalue weighted by atomic mass is 9.86. The molecule has 0 aliphatic carbocycles. The third-order valence-electron chi connectivity index (χ3n) is 3.21. The Morgan fingerprint density at radius 3 is 2.50 bits per heavy atom. The first-order valence-electron chi connectivity index (χ1n) is 5.87. The lowest BCUT2D eigenvalue weighted by Gasteiger charge is -2.36. The number of carbonyl (C=O) groups excluding carboxylic acids is 1. The highest BCUT2D eigenvalue weighted by Gasteiger charge is 2.48. The van der Waals surface area contributed by atoms with Crippen LogP contribution in [0.3, 0.4) is 0 Å². The minimum atomic E-state index is -0.959. The number of aryl methyl sites for hydroxylation is 1. The number of nitriles is 1. The molecule has 0 spiro atoms. The van der Waals surface area contributed by atoms with Crippen molar-refractivity contribution in [3.8, 4) is 6.07 Å². The van der Waals surface area contributed by atoms with Crippen LogP contribution in [0.1, 0.15) is 11.1 Å². The Kier molecular flexibility index (Phi) is 3.35. The van der Waals surface area contributed by atoms with Crippen LogP contribution in [0.5, 0.6) is 0 Å². The monoisotopic (exact) mass is 244 g/mol. The largest absolute Gasteiger partial charge is 0.377 e. The van der Waals surface area contributed by atoms with Crippen molar-refractivity contribution in [1.82, 2.24) is 4.90 Å². The summed E-state index contributed by atoms with van der Waals surface area (Å²) in [7, 11) is 1.72. The molecule has 4 nitrogen and oxygen atoms in total. The highest BCUT2D eigenvalue weighted by atomic mass is 16.5. The molecule has 0 bridgehead atoms. The van der Waals surface area contributed by atoms with Crippen molar-refractivity contribution in [2.24, 2.45) is 5.41 Å². The van der Waals surface area contributed by atoms with E-state index in [9.17, 15) is 4.79 Å². The smallest absolute Gasteiger partial charge is 0.247 e. The number of nitrogens with zero attached hydrogens (tertiary/aromatic N) is 2. The molecule has 1 aliphatic rings. The summed E-state index contributed by atoms with van der Waals surface area (Å²) in [5.74, 6) is -0.156. The quantitative estimate of drug-likeness (QED) is 0.809. The molecule has 0 unspecified atom stereocenters. The van der Waals surface area contributed by atoms with Gasteiger partial charge < -0.3 is 9.64 Å². The SMILES string of the molecule is Cc1ccc(CN(C)C(=O)C2(C#N)COC2)cc1. The maximum absolute atomic E-state index is 12.2. The summed E-state index contributed by atoms with van der Waals surface area (Å²) < 4.78 is 5.00. The number of rotatable bonds is 3. The second kappa shape index (κ2) is 4.79. The third-order valence-corrected chi connectivity index (χ3v) is 3.21. The Hall–Kier alpha value is -1.86. The van der Waals surface area contributed by atoms with E-state index < -0.39 is 5.41 Å². The van der Waals surface area contributed by atoms with Gasteiger partial charge in [0.2, 0.25) is 5.91 Å². The first kappa shape index (κ1) is 12.6. The van der Waals surface area contributed by atoms with Crippen molar-refractivity contribution in [2.45, 2.75) is 13.5 Å². The summed E-state index contributed by atoms with van der Waals surface area (Å²) in [5, 5.41) is 9.08. The molecule has 1 amide bonds. The van der Waals surface area contributed by atoms with E-state index in [4.69, 9.17) is 10.00 Å². The van der Waals surface area contributed by atoms with Crippen molar-refractivity contribution in [3.63, 3.8) is 0 Å². The van der Waals surface area contributed by atoms with Gasteiger partial charge in [-0.05, 0) is 12.5 Å². The van der Waals surface area contributed by atoms with Crippen LogP contribution in [0.4, 0.5) is 0 Å². The molecule has 1 aromatic rings. The zero-order valence-electron chi connectivity index (χ0n) is 10.6. The summed E-state index contributed by atoms with van der Waals surface area (Å²) in [6.45, 7) is 2.96. The van der Waals surface area contributed by atoms with Gasteiger partial charge in [-0.25, -0.2) is 0 Å². The van der Waals surface area contributed by atoms with Crippen LogP contribution in [0.15, 0.2) is 24.3 Å². The topological polar surface area (TPSA) is 53.3 Å². The number of carbonyl (C=O) groups is 1. The van der Waals surface area contributed by atoms with Crippen molar-refractivity contribution in [1.29, 1.82) is 5.26 Å². The molecule has 4 heteroatoms. The Bertz CT molecular complexity index is 484. The van der Waals surface area contributed by atoms with Crippen molar-refractivity contribution >= 4 is 5.91 Å². The van der Waals surface area contributed by atoms with Gasteiger partial charge in [-0.15, -0.1) is 0 Å². The number of ether oxygens (including phenoxy) is 1. The molecule has 1 fully saturated rings. The first-order chi connectivity index (χ1) is 8.57. The molecule has 1 saturated heterocycles. The predicted octanol–water partition coefficient (Wildman–Crippen LogP) is 1.49. The highest BCUT2D eigenvalue weighted by Crippen LogP contribution is 2.29. The highest BCUT2D eigenvalue weighted by molar-refractivity contribution is 5.86. The van der Waals surface area contributed by atoms with Gasteiger partial charge in [0, 0.05) is 13.6 Å². The molecule has 1 aliphatic heterocycles. The average Bonchev–Trinajstić information content (AvgIpc) is 2.31. The lowest BCUT2D eigenvalue weighted by molar-refractivity contribution is -0.160. The predicted molar refractivity (Wildman–Crippen MR) is 66.5 cm³/mol. The second-order valence-electron chi connectivity index (χ2n) is 4.83. The van der Waals surface area contributed by atoms with Crippen LogP contribution < -0.4 is 0 Å².